The molecule has 0 bridgehead atoms. The van der Waals surface area contributed by atoms with Crippen molar-refractivity contribution in [2.45, 2.75) is 59.1 Å². The Balaban J connectivity index is 1.40. The van der Waals surface area contributed by atoms with Crippen LogP contribution >= 0.6 is 0 Å². The molecule has 2 aliphatic rings. The summed E-state index contributed by atoms with van der Waals surface area (Å²) in [5, 5.41) is 7.61. The molecule has 1 atom stereocenters. The van der Waals surface area contributed by atoms with Gasteiger partial charge in [0.2, 0.25) is 5.43 Å². The third-order valence-electron chi connectivity index (χ3n) is 8.09. The lowest BCUT2D eigenvalue weighted by Crippen LogP contribution is -2.40. The molecule has 2 aliphatic heterocycles. The molecule has 6 rings (SSSR count). The van der Waals surface area contributed by atoms with Crippen LogP contribution in [0, 0.1) is 11.7 Å². The Bertz CT molecular complexity index is 1960. The number of alkyl carbamates (subject to hydrolysis) is 1. The van der Waals surface area contributed by atoms with Gasteiger partial charge >= 0.3 is 6.09 Å². The number of anilines is 1. The van der Waals surface area contributed by atoms with Crippen LogP contribution in [0.3, 0.4) is 0 Å². The van der Waals surface area contributed by atoms with Gasteiger partial charge in [-0.3, -0.25) is 14.6 Å². The van der Waals surface area contributed by atoms with E-state index in [9.17, 15) is 14.4 Å². The minimum absolute atomic E-state index is 0.0388. The Morgan fingerprint density at radius 1 is 1.17 bits per heavy atom. The van der Waals surface area contributed by atoms with E-state index in [0.717, 1.165) is 10.8 Å². The number of carbonyl (C=O) groups excluding carboxylic acids is 2. The average Bonchev–Trinajstić information content (AvgIpc) is 3.45. The number of aromatic nitrogens is 1. The molecule has 1 aromatic heterocycles. The van der Waals surface area contributed by atoms with E-state index in [0.29, 0.717) is 61.9 Å². The lowest BCUT2D eigenvalue weighted by molar-refractivity contribution is 0.0508. The summed E-state index contributed by atoms with van der Waals surface area (Å²) in [7, 11) is 0. The maximum atomic E-state index is 16.2. The summed E-state index contributed by atoms with van der Waals surface area (Å²) in [6.07, 6.45) is 4.03. The first-order valence-corrected chi connectivity index (χ1v) is 16.0. The first-order chi connectivity index (χ1) is 22.4. The summed E-state index contributed by atoms with van der Waals surface area (Å²) >= 11 is 0. The van der Waals surface area contributed by atoms with Crippen molar-refractivity contribution in [2.24, 2.45) is 10.9 Å². The van der Waals surface area contributed by atoms with Crippen LogP contribution in [0.5, 0.6) is 11.5 Å². The Morgan fingerprint density at radius 2 is 1.91 bits per heavy atom. The van der Waals surface area contributed by atoms with Gasteiger partial charge < -0.3 is 29.6 Å². The zero-order chi connectivity index (χ0) is 33.5. The number of hydrogen-bond donors (Lipinski definition) is 2. The molecular formula is C36H40FN5O5. The molecule has 1 fully saturated rings. The molecular weight excluding hydrogens is 601 g/mol. The highest BCUT2D eigenvalue weighted by atomic mass is 19.1. The number of ether oxygens (including phenoxy) is 2. The molecule has 3 aromatic carbocycles. The third-order valence-corrected chi connectivity index (χ3v) is 8.09. The van der Waals surface area contributed by atoms with Gasteiger partial charge in [-0.25, -0.2) is 9.18 Å². The number of carbonyl (C=O) groups is 2. The smallest absolute Gasteiger partial charge is 0.407 e. The molecule has 0 radical (unpaired) electrons. The Kier molecular flexibility index (Phi) is 8.65. The fraction of sp³-hybridized carbons (Fsp3) is 0.389. The molecule has 246 valence electrons. The van der Waals surface area contributed by atoms with Crippen LogP contribution in [0.25, 0.3) is 27.4 Å². The number of pyridine rings is 1. The second-order valence-corrected chi connectivity index (χ2v) is 13.4. The van der Waals surface area contributed by atoms with Crippen molar-refractivity contribution >= 4 is 45.6 Å². The zero-order valence-electron chi connectivity index (χ0n) is 27.4. The van der Waals surface area contributed by atoms with Crippen molar-refractivity contribution in [1.29, 1.82) is 0 Å². The van der Waals surface area contributed by atoms with E-state index in [1.165, 1.54) is 12.3 Å². The van der Waals surface area contributed by atoms with E-state index in [1.54, 1.807) is 25.3 Å². The van der Waals surface area contributed by atoms with Crippen molar-refractivity contribution in [1.82, 2.24) is 15.2 Å². The van der Waals surface area contributed by atoms with Crippen LogP contribution < -0.4 is 25.7 Å². The molecule has 1 saturated heterocycles. The maximum absolute atomic E-state index is 16.2. The fourth-order valence-electron chi connectivity index (χ4n) is 6.05. The van der Waals surface area contributed by atoms with Gasteiger partial charge in [0.1, 0.15) is 22.4 Å². The third kappa shape index (κ3) is 6.65. The summed E-state index contributed by atoms with van der Waals surface area (Å²) in [4.78, 5) is 45.8. The van der Waals surface area contributed by atoms with Gasteiger partial charge in [-0.1, -0.05) is 38.1 Å². The van der Waals surface area contributed by atoms with Crippen LogP contribution in [0.15, 0.2) is 58.4 Å². The van der Waals surface area contributed by atoms with Crippen molar-refractivity contribution in [2.75, 3.05) is 31.1 Å². The number of fused-ring (bicyclic) bond motifs is 3. The van der Waals surface area contributed by atoms with Crippen LogP contribution in [0.2, 0.25) is 0 Å². The predicted octanol–water partition coefficient (Wildman–Crippen LogP) is 6.34. The van der Waals surface area contributed by atoms with Crippen LogP contribution in [-0.2, 0) is 4.74 Å². The number of nitrogens with zero attached hydrogens (tertiary/aromatic N) is 3. The van der Waals surface area contributed by atoms with E-state index in [4.69, 9.17) is 9.47 Å². The van der Waals surface area contributed by atoms with E-state index in [-0.39, 0.29) is 28.4 Å². The number of rotatable bonds is 8. The molecule has 2 N–H and O–H groups in total. The number of benzene rings is 3. The van der Waals surface area contributed by atoms with Crippen molar-refractivity contribution in [3.8, 4) is 17.2 Å². The quantitative estimate of drug-likeness (QED) is 0.151. The number of amides is 2. The maximum Gasteiger partial charge on any atom is 0.407 e. The monoisotopic (exact) mass is 641 g/mol. The summed E-state index contributed by atoms with van der Waals surface area (Å²) < 4.78 is 29.9. The molecule has 11 heteroatoms. The molecule has 0 unspecified atom stereocenters. The van der Waals surface area contributed by atoms with Gasteiger partial charge in [-0.2, -0.15) is 0 Å². The van der Waals surface area contributed by atoms with E-state index in [1.807, 2.05) is 61.4 Å². The van der Waals surface area contributed by atoms with Crippen LogP contribution in [0.1, 0.15) is 57.8 Å². The molecule has 10 nitrogen and oxygen atoms in total. The number of aliphatic imine (C=N–C) groups is 1. The van der Waals surface area contributed by atoms with Gasteiger partial charge in [0, 0.05) is 38.6 Å². The van der Waals surface area contributed by atoms with E-state index in [2.05, 4.69) is 15.6 Å². The average molecular weight is 642 g/mol. The van der Waals surface area contributed by atoms with Crippen molar-refractivity contribution < 1.29 is 23.5 Å². The van der Waals surface area contributed by atoms with Crippen LogP contribution in [0.4, 0.5) is 14.9 Å². The molecule has 47 heavy (non-hydrogen) atoms. The van der Waals surface area contributed by atoms with E-state index < -0.39 is 28.8 Å². The molecule has 0 aliphatic carbocycles. The van der Waals surface area contributed by atoms with Crippen molar-refractivity contribution in [3.05, 3.63) is 70.3 Å². The summed E-state index contributed by atoms with van der Waals surface area (Å²) in [6, 6.07) is 12.5. The minimum atomic E-state index is -0.654. The molecule has 4 aromatic rings. The zero-order valence-corrected chi connectivity index (χ0v) is 27.4. The lowest BCUT2D eigenvalue weighted by Gasteiger charge is -2.29. The Morgan fingerprint density at radius 3 is 2.64 bits per heavy atom. The topological polar surface area (TPSA) is 114 Å². The highest BCUT2D eigenvalue weighted by molar-refractivity contribution is 6.02. The second-order valence-electron chi connectivity index (χ2n) is 13.4. The molecule has 3 heterocycles. The standard InChI is InChI=1S/C36H40FN5O5/c1-21(2)18-38-12-8-13-39-34(44)26-20-42-28-15-22-9-6-7-10-23(22)16-29(28)46-33-30(42)25(32(26)43)17-27(37)31(33)41-14-11-24(19-41)40-35(45)47-36(3,4)5/h6-7,9-10,15-18,20-21,24H,8,11-14,19H2,1-5H3,(H,39,44)(H,40,45)/t24-/m1/s1. The van der Waals surface area contributed by atoms with Gasteiger partial charge in [0.05, 0.1) is 17.1 Å². The summed E-state index contributed by atoms with van der Waals surface area (Å²) in [6.45, 7) is 11.1. The van der Waals surface area contributed by atoms with Crippen molar-refractivity contribution in [3.63, 3.8) is 0 Å². The Hall–Kier alpha value is -4.93. The number of hydrogen-bond acceptors (Lipinski definition) is 7. The normalized spacial score (nSPS) is 15.7. The Labute approximate surface area is 272 Å². The van der Waals surface area contributed by atoms with Gasteiger partial charge in [-0.15, -0.1) is 0 Å². The largest absolute Gasteiger partial charge is 0.451 e. The minimum Gasteiger partial charge on any atom is -0.451 e. The van der Waals surface area contributed by atoms with Gasteiger partial charge in [0.25, 0.3) is 5.91 Å². The second kappa shape index (κ2) is 12.7. The lowest BCUT2D eigenvalue weighted by atomic mass is 10.0. The predicted molar refractivity (Wildman–Crippen MR) is 182 cm³/mol. The number of halogens is 1. The highest BCUT2D eigenvalue weighted by Gasteiger charge is 2.34. The summed E-state index contributed by atoms with van der Waals surface area (Å²) in [5.74, 6) is -0.199. The van der Waals surface area contributed by atoms with E-state index >= 15 is 4.39 Å². The molecule has 0 spiro atoms. The van der Waals surface area contributed by atoms with Crippen LogP contribution in [-0.4, -0.2) is 60.6 Å². The fourth-order valence-corrected chi connectivity index (χ4v) is 6.05. The first-order valence-electron chi connectivity index (χ1n) is 16.0. The molecule has 0 saturated carbocycles. The summed E-state index contributed by atoms with van der Waals surface area (Å²) in [5.41, 5.74) is -0.137. The van der Waals surface area contributed by atoms with Gasteiger partial charge in [0.15, 0.2) is 17.3 Å². The molecule has 2 amide bonds. The SMILES string of the molecule is CC(C)C=NCCCNC(=O)c1cn2c3c(c(N4CC[C@@H](NC(=O)OC(C)(C)C)C4)c(F)cc3c1=O)Oc1cc3ccccc3cc1-2. The first kappa shape index (κ1) is 32.0. The van der Waals surface area contributed by atoms with Gasteiger partial charge in [-0.05, 0) is 68.5 Å². The highest BCUT2D eigenvalue weighted by Crippen LogP contribution is 2.48. The number of nitrogens with one attached hydrogen (secondary N) is 2.